The molecule has 0 fully saturated rings. The Labute approximate surface area is 193 Å². The summed E-state index contributed by atoms with van der Waals surface area (Å²) >= 11 is 0. The molecule has 0 aliphatic rings. The topological polar surface area (TPSA) is 64.1 Å². The van der Waals surface area contributed by atoms with E-state index in [1.807, 2.05) is 24.3 Å². The zero-order valence-corrected chi connectivity index (χ0v) is 19.6. The zero-order valence-electron chi connectivity index (χ0n) is 17.3. The molecular weight excluding hydrogens is 507 g/mol. The summed E-state index contributed by atoms with van der Waals surface area (Å²) < 4.78 is 40.0. The Bertz CT molecular complexity index is 790. The molecule has 9 heteroatoms. The van der Waals surface area contributed by atoms with Gasteiger partial charge in [-0.2, -0.15) is 8.78 Å². The molecule has 0 bridgehead atoms. The monoisotopic (exact) mass is 535 g/mol. The average molecular weight is 535 g/mol. The third-order valence-electron chi connectivity index (χ3n) is 4.07. The van der Waals surface area contributed by atoms with Crippen LogP contribution in [-0.2, 0) is 13.0 Å². The van der Waals surface area contributed by atoms with Crippen LogP contribution >= 0.6 is 24.0 Å². The standard InChI is InChI=1S/C21H27F2N3O3.HI/c1-4-28-19-13-16(7-10-18(19)29-20(22)23)14-26-21(24-2)25-12-11-15-5-8-17(27-3)9-6-15;/h5-10,13,20H,4,11-12,14H2,1-3H3,(H2,24,25,26);1H. The van der Waals surface area contributed by atoms with E-state index in [0.717, 1.165) is 17.7 Å². The van der Waals surface area contributed by atoms with Crippen molar-refractivity contribution in [1.29, 1.82) is 0 Å². The van der Waals surface area contributed by atoms with Crippen molar-refractivity contribution in [3.8, 4) is 17.2 Å². The fraction of sp³-hybridized carbons (Fsp3) is 0.381. The second kappa shape index (κ2) is 13.8. The number of hydrogen-bond acceptors (Lipinski definition) is 4. The van der Waals surface area contributed by atoms with E-state index in [1.54, 1.807) is 33.2 Å². The summed E-state index contributed by atoms with van der Waals surface area (Å²) in [5.41, 5.74) is 2.04. The highest BCUT2D eigenvalue weighted by Gasteiger charge is 2.11. The molecule has 0 unspecified atom stereocenters. The summed E-state index contributed by atoms with van der Waals surface area (Å²) in [5, 5.41) is 6.44. The van der Waals surface area contributed by atoms with E-state index >= 15 is 0 Å². The molecule has 166 valence electrons. The van der Waals surface area contributed by atoms with Crippen LogP contribution in [0.4, 0.5) is 8.78 Å². The second-order valence-corrected chi connectivity index (χ2v) is 6.04. The van der Waals surface area contributed by atoms with Gasteiger partial charge in [-0.1, -0.05) is 18.2 Å². The van der Waals surface area contributed by atoms with Gasteiger partial charge in [-0.25, -0.2) is 0 Å². The van der Waals surface area contributed by atoms with E-state index in [1.165, 1.54) is 11.6 Å². The van der Waals surface area contributed by atoms with Crippen molar-refractivity contribution < 1.29 is 23.0 Å². The molecule has 0 spiro atoms. The van der Waals surface area contributed by atoms with Gasteiger partial charge in [-0.15, -0.1) is 24.0 Å². The Morgan fingerprint density at radius 3 is 2.33 bits per heavy atom. The average Bonchev–Trinajstić information content (AvgIpc) is 2.72. The highest BCUT2D eigenvalue weighted by atomic mass is 127. The van der Waals surface area contributed by atoms with Gasteiger partial charge in [0.1, 0.15) is 5.75 Å². The number of benzene rings is 2. The number of hydrogen-bond donors (Lipinski definition) is 2. The fourth-order valence-corrected chi connectivity index (χ4v) is 2.65. The number of alkyl halides is 2. The molecule has 2 N–H and O–H groups in total. The molecule has 30 heavy (non-hydrogen) atoms. The Morgan fingerprint density at radius 1 is 1.03 bits per heavy atom. The quantitative estimate of drug-likeness (QED) is 0.271. The summed E-state index contributed by atoms with van der Waals surface area (Å²) in [7, 11) is 3.33. The molecule has 6 nitrogen and oxygen atoms in total. The number of rotatable bonds is 10. The number of methoxy groups -OCH3 is 1. The van der Waals surface area contributed by atoms with Crippen molar-refractivity contribution in [2.75, 3.05) is 27.3 Å². The lowest BCUT2D eigenvalue weighted by Crippen LogP contribution is -2.37. The Morgan fingerprint density at radius 2 is 1.73 bits per heavy atom. The molecule has 0 saturated carbocycles. The van der Waals surface area contributed by atoms with Crippen LogP contribution in [0.15, 0.2) is 47.5 Å². The van der Waals surface area contributed by atoms with Gasteiger partial charge in [0.15, 0.2) is 17.5 Å². The number of ether oxygens (including phenoxy) is 3. The summed E-state index contributed by atoms with van der Waals surface area (Å²) in [6.45, 7) is 0.401. The van der Waals surface area contributed by atoms with Crippen LogP contribution in [0.1, 0.15) is 18.1 Å². The molecule has 2 aromatic rings. The first-order valence-electron chi connectivity index (χ1n) is 9.33. The summed E-state index contributed by atoms with van der Waals surface area (Å²) in [5.74, 6) is 1.78. The lowest BCUT2D eigenvalue weighted by atomic mass is 10.1. The molecule has 2 rings (SSSR count). The number of nitrogens with one attached hydrogen (secondary N) is 2. The minimum atomic E-state index is -2.90. The van der Waals surface area contributed by atoms with Crippen LogP contribution in [0.5, 0.6) is 17.2 Å². The SMILES string of the molecule is CCOc1cc(CNC(=NC)NCCc2ccc(OC)cc2)ccc1OC(F)F.I. The van der Waals surface area contributed by atoms with Gasteiger partial charge in [0, 0.05) is 20.1 Å². The largest absolute Gasteiger partial charge is 0.497 e. The molecule has 0 aliphatic carbocycles. The predicted molar refractivity (Wildman–Crippen MR) is 125 cm³/mol. The highest BCUT2D eigenvalue weighted by molar-refractivity contribution is 14.0. The first kappa shape index (κ1) is 25.7. The predicted octanol–water partition coefficient (Wildman–Crippen LogP) is 4.22. The summed E-state index contributed by atoms with van der Waals surface area (Å²) in [4.78, 5) is 4.20. The van der Waals surface area contributed by atoms with Gasteiger partial charge < -0.3 is 24.8 Å². The third-order valence-corrected chi connectivity index (χ3v) is 4.07. The van der Waals surface area contributed by atoms with E-state index < -0.39 is 6.61 Å². The van der Waals surface area contributed by atoms with Gasteiger partial charge in [0.05, 0.1) is 13.7 Å². The van der Waals surface area contributed by atoms with Crippen molar-refractivity contribution >= 4 is 29.9 Å². The van der Waals surface area contributed by atoms with Crippen molar-refractivity contribution in [3.05, 3.63) is 53.6 Å². The molecule has 0 aliphatic heterocycles. The lowest BCUT2D eigenvalue weighted by molar-refractivity contribution is -0.0514. The van der Waals surface area contributed by atoms with Crippen LogP contribution in [-0.4, -0.2) is 39.9 Å². The Kier molecular flexibility index (Phi) is 11.9. The van der Waals surface area contributed by atoms with Gasteiger partial charge in [-0.3, -0.25) is 4.99 Å². The number of halogens is 3. The lowest BCUT2D eigenvalue weighted by Gasteiger charge is -2.15. The normalized spacial score (nSPS) is 10.9. The van der Waals surface area contributed by atoms with Gasteiger partial charge in [0.25, 0.3) is 0 Å². The molecule has 0 radical (unpaired) electrons. The van der Waals surface area contributed by atoms with Crippen LogP contribution < -0.4 is 24.8 Å². The van der Waals surface area contributed by atoms with Crippen LogP contribution in [0.25, 0.3) is 0 Å². The second-order valence-electron chi connectivity index (χ2n) is 6.04. The molecule has 0 aromatic heterocycles. The van der Waals surface area contributed by atoms with E-state index in [-0.39, 0.29) is 35.5 Å². The number of nitrogens with zero attached hydrogens (tertiary/aromatic N) is 1. The molecule has 0 atom stereocenters. The Hall–Kier alpha value is -2.30. The van der Waals surface area contributed by atoms with Gasteiger partial charge in [0.2, 0.25) is 0 Å². The smallest absolute Gasteiger partial charge is 0.387 e. The van der Waals surface area contributed by atoms with Gasteiger partial charge in [-0.05, 0) is 48.7 Å². The molecular formula is C21H28F2IN3O3. The zero-order chi connectivity index (χ0) is 21.1. The molecule has 2 aromatic carbocycles. The third kappa shape index (κ3) is 8.60. The van der Waals surface area contributed by atoms with E-state index in [2.05, 4.69) is 20.4 Å². The first-order chi connectivity index (χ1) is 14.0. The van der Waals surface area contributed by atoms with Crippen LogP contribution in [0.3, 0.4) is 0 Å². The number of guanidine groups is 1. The summed E-state index contributed by atoms with van der Waals surface area (Å²) in [6.07, 6.45) is 0.832. The maximum absolute atomic E-state index is 12.5. The summed E-state index contributed by atoms with van der Waals surface area (Å²) in [6, 6.07) is 12.8. The molecule has 0 amide bonds. The maximum Gasteiger partial charge on any atom is 0.387 e. The maximum atomic E-state index is 12.5. The first-order valence-corrected chi connectivity index (χ1v) is 9.33. The molecule has 0 saturated heterocycles. The van der Waals surface area contributed by atoms with E-state index in [9.17, 15) is 8.78 Å². The van der Waals surface area contributed by atoms with Crippen molar-refractivity contribution in [2.24, 2.45) is 4.99 Å². The van der Waals surface area contributed by atoms with Crippen molar-refractivity contribution in [1.82, 2.24) is 10.6 Å². The van der Waals surface area contributed by atoms with E-state index in [4.69, 9.17) is 9.47 Å². The minimum Gasteiger partial charge on any atom is -0.497 e. The van der Waals surface area contributed by atoms with Gasteiger partial charge >= 0.3 is 6.61 Å². The van der Waals surface area contributed by atoms with Crippen LogP contribution in [0, 0.1) is 0 Å². The number of aliphatic imine (C=N–C) groups is 1. The van der Waals surface area contributed by atoms with Crippen LogP contribution in [0.2, 0.25) is 0 Å². The fourth-order valence-electron chi connectivity index (χ4n) is 2.65. The van der Waals surface area contributed by atoms with Crippen molar-refractivity contribution in [3.63, 3.8) is 0 Å². The highest BCUT2D eigenvalue weighted by Crippen LogP contribution is 2.29. The Balaban J connectivity index is 0.00000450. The van der Waals surface area contributed by atoms with E-state index in [0.29, 0.717) is 25.7 Å². The minimum absolute atomic E-state index is 0. The van der Waals surface area contributed by atoms with Crippen molar-refractivity contribution in [2.45, 2.75) is 26.5 Å². The molecule has 0 heterocycles.